The number of aliphatic imine (C=N–C) groups is 1. The van der Waals surface area contributed by atoms with E-state index in [0.717, 1.165) is 10.9 Å². The molecule has 96 valence electrons. The van der Waals surface area contributed by atoms with Gasteiger partial charge in [-0.1, -0.05) is 11.8 Å². The van der Waals surface area contributed by atoms with Crippen LogP contribution in [0, 0.1) is 10.2 Å². The molecular weight excluding hydrogens is 268 g/mol. The molecule has 2 rings (SSSR count). The fourth-order valence-electron chi connectivity index (χ4n) is 1.59. The van der Waals surface area contributed by atoms with Crippen molar-refractivity contribution in [3.8, 4) is 0 Å². The van der Waals surface area contributed by atoms with E-state index in [1.807, 2.05) is 0 Å². The Kier molecular flexibility index (Phi) is 4.59. The van der Waals surface area contributed by atoms with Crippen LogP contribution in [0.15, 0.2) is 27.9 Å². The molecule has 0 fully saturated rings. The maximum Gasteiger partial charge on any atom is 0.173 e. The normalized spacial score (nSPS) is 23.1. The van der Waals surface area contributed by atoms with E-state index in [1.165, 1.54) is 5.70 Å². The first kappa shape index (κ1) is 14.5. The van der Waals surface area contributed by atoms with Crippen molar-refractivity contribution in [3.63, 3.8) is 0 Å². The van der Waals surface area contributed by atoms with Crippen molar-refractivity contribution < 1.29 is 28.9 Å². The summed E-state index contributed by atoms with van der Waals surface area (Å²) in [6.45, 7) is 6.37. The van der Waals surface area contributed by atoms with Gasteiger partial charge in [-0.3, -0.25) is 0 Å². The summed E-state index contributed by atoms with van der Waals surface area (Å²) in [5.74, 6) is 0. The lowest BCUT2D eigenvalue weighted by molar-refractivity contribution is -1.92. The van der Waals surface area contributed by atoms with Crippen LogP contribution in [-0.2, 0) is 0 Å². The Hall–Kier alpha value is -0.570. The Morgan fingerprint density at radius 3 is 2.47 bits per heavy atom. The molecule has 8 heteroatoms. The Morgan fingerprint density at radius 2 is 1.94 bits per heavy atom. The van der Waals surface area contributed by atoms with Crippen molar-refractivity contribution in [2.75, 3.05) is 0 Å². The summed E-state index contributed by atoms with van der Waals surface area (Å²) in [7, 11) is -4.69. The number of fused-ring (bicyclic) bond motifs is 1. The fraction of sp³-hybridized carbons (Fsp3) is 0.444. The second-order valence-corrected chi connectivity index (χ2v) is 5.21. The van der Waals surface area contributed by atoms with E-state index in [1.54, 1.807) is 11.8 Å². The third-order valence-electron chi connectivity index (χ3n) is 2.08. The van der Waals surface area contributed by atoms with Crippen LogP contribution in [0.2, 0.25) is 0 Å². The zero-order chi connectivity index (χ0) is 13.2. The first-order valence-electron chi connectivity index (χ1n) is 4.71. The molecule has 0 radical (unpaired) electrons. The number of hydrogen-bond donors (Lipinski definition) is 1. The Labute approximate surface area is 106 Å². The highest BCUT2D eigenvalue weighted by molar-refractivity contribution is 8.16. The Morgan fingerprint density at radius 1 is 1.41 bits per heavy atom. The molecular formula is C9H13ClN2O4S. The van der Waals surface area contributed by atoms with Gasteiger partial charge in [-0.25, -0.2) is 4.99 Å². The monoisotopic (exact) mass is 280 g/mol. The third-order valence-corrected chi connectivity index (χ3v) is 3.04. The van der Waals surface area contributed by atoms with Crippen LogP contribution < -0.4 is 14.0 Å². The second kappa shape index (κ2) is 5.38. The van der Waals surface area contributed by atoms with Crippen LogP contribution in [0.25, 0.3) is 0 Å². The van der Waals surface area contributed by atoms with E-state index in [9.17, 15) is 0 Å². The van der Waals surface area contributed by atoms with E-state index in [4.69, 9.17) is 18.6 Å². The van der Waals surface area contributed by atoms with Crippen LogP contribution in [0.1, 0.15) is 20.8 Å². The van der Waals surface area contributed by atoms with Crippen LogP contribution in [0.3, 0.4) is 0 Å². The van der Waals surface area contributed by atoms with E-state index in [0.29, 0.717) is 6.04 Å². The molecule has 2 aliphatic heterocycles. The molecule has 1 unspecified atom stereocenters. The van der Waals surface area contributed by atoms with Crippen LogP contribution in [0.5, 0.6) is 0 Å². The predicted molar refractivity (Wildman–Crippen MR) is 56.1 cm³/mol. The molecule has 1 N–H and O–H groups in total. The molecule has 1 atom stereocenters. The van der Waals surface area contributed by atoms with Crippen LogP contribution >= 0.6 is 11.8 Å². The molecule has 0 amide bonds. The lowest BCUT2D eigenvalue weighted by Gasteiger charge is -2.28. The highest BCUT2D eigenvalue weighted by Gasteiger charge is 2.26. The van der Waals surface area contributed by atoms with Crippen LogP contribution in [-0.4, -0.2) is 20.8 Å². The summed E-state index contributed by atoms with van der Waals surface area (Å²) in [6, 6.07) is 0.462. The smallest absolute Gasteiger partial charge is 0.173 e. The lowest BCUT2D eigenvalue weighted by atomic mass is 10.2. The highest BCUT2D eigenvalue weighted by atomic mass is 35.7. The molecule has 6 nitrogen and oxygen atoms in total. The third kappa shape index (κ3) is 4.66. The molecule has 0 aromatic rings. The summed E-state index contributed by atoms with van der Waals surface area (Å²) in [4.78, 5) is 6.72. The van der Waals surface area contributed by atoms with Crippen molar-refractivity contribution >= 4 is 16.9 Å². The van der Waals surface area contributed by atoms with Gasteiger partial charge in [0.2, 0.25) is 0 Å². The average Bonchev–Trinajstić information content (AvgIpc) is 2.43. The maximum absolute atomic E-state index is 8.60. The topological polar surface area (TPSA) is 105 Å². The quantitative estimate of drug-likeness (QED) is 0.575. The van der Waals surface area contributed by atoms with Crippen LogP contribution in [0.4, 0.5) is 0 Å². The van der Waals surface area contributed by atoms with Crippen molar-refractivity contribution in [1.82, 2.24) is 4.90 Å². The van der Waals surface area contributed by atoms with Crippen molar-refractivity contribution in [2.24, 2.45) is 4.99 Å². The second-order valence-electron chi connectivity index (χ2n) is 3.59. The maximum atomic E-state index is 8.60. The standard InChI is InChI=1S/C9H12N2S.ClHO4/c1-6-4-7(2)11-8(3)5-12-9(11)10-6;2-1(3,4)5/h4-5,7H,1-3H3;(H,2,3,4,5). The van der Waals surface area contributed by atoms with Gasteiger partial charge in [-0.15, -0.1) is 0 Å². The number of rotatable bonds is 0. The summed E-state index contributed by atoms with van der Waals surface area (Å²) in [6.07, 6.45) is 2.19. The zero-order valence-electron chi connectivity index (χ0n) is 9.58. The number of thioether (sulfide) groups is 1. The Bertz CT molecular complexity index is 383. The molecule has 2 heterocycles. The Balaban J connectivity index is 0.000000249. The summed E-state index contributed by atoms with van der Waals surface area (Å²) >= 11 is 1.71. The molecule has 0 aliphatic carbocycles. The fourth-order valence-corrected chi connectivity index (χ4v) is 2.60. The first-order valence-corrected chi connectivity index (χ1v) is 6.86. The van der Waals surface area contributed by atoms with E-state index >= 15 is 0 Å². The molecule has 0 saturated carbocycles. The van der Waals surface area contributed by atoms with Gasteiger partial charge in [-0.05, 0) is 32.3 Å². The van der Waals surface area contributed by atoms with E-state index in [-0.39, 0.29) is 0 Å². The first-order chi connectivity index (χ1) is 7.68. The van der Waals surface area contributed by atoms with Gasteiger partial charge >= 0.3 is 0 Å². The van der Waals surface area contributed by atoms with Gasteiger partial charge in [-0.2, -0.15) is 14.0 Å². The minimum atomic E-state index is -4.69. The highest BCUT2D eigenvalue weighted by Crippen LogP contribution is 2.31. The predicted octanol–water partition coefficient (Wildman–Crippen LogP) is -1.57. The minimum absolute atomic E-state index is 0.462. The molecule has 0 bridgehead atoms. The average molecular weight is 281 g/mol. The number of nitrogens with zero attached hydrogens (tertiary/aromatic N) is 2. The summed E-state index contributed by atoms with van der Waals surface area (Å²) in [5, 5.41) is 3.28. The van der Waals surface area contributed by atoms with Gasteiger partial charge < -0.3 is 4.90 Å². The van der Waals surface area contributed by atoms with Gasteiger partial charge in [0, 0.05) is 11.4 Å². The van der Waals surface area contributed by atoms with Gasteiger partial charge in [0.1, 0.15) is 0 Å². The minimum Gasteiger partial charge on any atom is -0.318 e. The lowest BCUT2D eigenvalue weighted by Crippen LogP contribution is -2.58. The van der Waals surface area contributed by atoms with Gasteiger partial charge in [0.25, 0.3) is 0 Å². The molecule has 0 saturated heterocycles. The molecule has 0 aromatic carbocycles. The number of amidine groups is 1. The van der Waals surface area contributed by atoms with Crippen molar-refractivity contribution in [2.45, 2.75) is 26.8 Å². The van der Waals surface area contributed by atoms with E-state index < -0.39 is 10.2 Å². The molecule has 0 spiro atoms. The van der Waals surface area contributed by atoms with Gasteiger partial charge in [0.05, 0.1) is 20.9 Å². The number of allylic oxidation sites excluding steroid dienone is 2. The number of hydrogen-bond acceptors (Lipinski definition) is 7. The largest absolute Gasteiger partial charge is 0.318 e. The van der Waals surface area contributed by atoms with Gasteiger partial charge in [0.15, 0.2) is 5.17 Å². The molecule has 0 aromatic heterocycles. The zero-order valence-corrected chi connectivity index (χ0v) is 11.2. The summed E-state index contributed by atoms with van der Waals surface area (Å²) in [5.41, 5.74) is 2.43. The van der Waals surface area contributed by atoms with Crippen molar-refractivity contribution in [3.05, 3.63) is 22.9 Å². The van der Waals surface area contributed by atoms with E-state index in [2.05, 4.69) is 42.1 Å². The SMILES string of the molecule is CC1=CC(C)N2C(C)=CSC2=N1.[O-][Cl+3]([O-])([O-])O. The number of halogens is 1. The van der Waals surface area contributed by atoms with Crippen molar-refractivity contribution in [1.29, 1.82) is 0 Å². The molecule has 17 heavy (non-hydrogen) atoms. The summed E-state index contributed by atoms with van der Waals surface area (Å²) < 4.78 is 32.7. The molecule has 2 aliphatic rings.